The van der Waals surface area contributed by atoms with E-state index < -0.39 is 0 Å². The lowest BCUT2D eigenvalue weighted by molar-refractivity contribution is -0.119. The second-order valence-corrected chi connectivity index (χ2v) is 4.88. The van der Waals surface area contributed by atoms with Crippen LogP contribution in [0.25, 0.3) is 0 Å². The largest absolute Gasteiger partial charge is 0.345 e. The Hall–Kier alpha value is -1.96. The quantitative estimate of drug-likeness (QED) is 0.819. The Kier molecular flexibility index (Phi) is 3.79. The van der Waals surface area contributed by atoms with Crippen LogP contribution in [-0.2, 0) is 18.4 Å². The number of carbonyl (C=O) groups is 1. The van der Waals surface area contributed by atoms with Crippen molar-refractivity contribution in [3.63, 3.8) is 0 Å². The minimum absolute atomic E-state index is 0.121. The van der Waals surface area contributed by atoms with Crippen molar-refractivity contribution >= 4 is 27.7 Å². The third-order valence-corrected chi connectivity index (χ3v) is 3.09. The second kappa shape index (κ2) is 5.35. The molecule has 8 heteroatoms. The lowest BCUT2D eigenvalue weighted by atomic mass is 10.4. The zero-order valence-electron chi connectivity index (χ0n) is 10.4. The van der Waals surface area contributed by atoms with Gasteiger partial charge in [0, 0.05) is 24.8 Å². The summed E-state index contributed by atoms with van der Waals surface area (Å²) < 4.78 is 3.24. The van der Waals surface area contributed by atoms with Gasteiger partial charge in [0.2, 0.25) is 5.91 Å². The second-order valence-electron chi connectivity index (χ2n) is 3.97. The van der Waals surface area contributed by atoms with Crippen molar-refractivity contribution in [3.05, 3.63) is 39.6 Å². The van der Waals surface area contributed by atoms with E-state index in [2.05, 4.69) is 26.0 Å². The summed E-state index contributed by atoms with van der Waals surface area (Å²) in [7, 11) is 3.18. The average molecular weight is 326 g/mol. The predicted molar refractivity (Wildman–Crippen MR) is 72.8 cm³/mol. The average Bonchev–Trinajstić information content (AvgIpc) is 2.70. The van der Waals surface area contributed by atoms with Gasteiger partial charge in [0.1, 0.15) is 18.7 Å². The van der Waals surface area contributed by atoms with E-state index >= 15 is 0 Å². The fourth-order valence-corrected chi connectivity index (χ4v) is 1.79. The first-order chi connectivity index (χ1) is 8.99. The van der Waals surface area contributed by atoms with E-state index in [4.69, 9.17) is 0 Å². The molecule has 0 aromatic carbocycles. The number of anilines is 1. The third kappa shape index (κ3) is 2.90. The van der Waals surface area contributed by atoms with Gasteiger partial charge >= 0.3 is 5.69 Å². The number of halogens is 1. The Morgan fingerprint density at radius 1 is 1.53 bits per heavy atom. The maximum Gasteiger partial charge on any atom is 0.345 e. The molecule has 2 aromatic rings. The first-order valence-electron chi connectivity index (χ1n) is 5.45. The van der Waals surface area contributed by atoms with Crippen LogP contribution in [0.1, 0.15) is 0 Å². The predicted octanol–water partition coefficient (Wildman–Crippen LogP) is 0.402. The Morgan fingerprint density at radius 3 is 2.84 bits per heavy atom. The highest BCUT2D eigenvalue weighted by Gasteiger charge is 2.15. The highest BCUT2D eigenvalue weighted by molar-refractivity contribution is 9.10. The van der Waals surface area contributed by atoms with E-state index in [1.54, 1.807) is 32.4 Å². The number of aryl methyl sites for hydroxylation is 1. The molecule has 0 saturated heterocycles. The number of rotatable bonds is 3. The number of hydrogen-bond donors (Lipinski definition) is 0. The summed E-state index contributed by atoms with van der Waals surface area (Å²) in [6.45, 7) is -0.121. The molecule has 0 unspecified atom stereocenters. The molecule has 2 heterocycles. The number of amides is 1. The van der Waals surface area contributed by atoms with Crippen LogP contribution in [0.5, 0.6) is 0 Å². The van der Waals surface area contributed by atoms with Crippen molar-refractivity contribution in [2.75, 3.05) is 11.9 Å². The molecule has 0 aliphatic rings. The molecule has 19 heavy (non-hydrogen) atoms. The fraction of sp³-hybridized carbons (Fsp3) is 0.273. The lowest BCUT2D eigenvalue weighted by Gasteiger charge is -2.15. The first kappa shape index (κ1) is 13.5. The van der Waals surface area contributed by atoms with Crippen molar-refractivity contribution in [1.82, 2.24) is 19.3 Å². The van der Waals surface area contributed by atoms with Crippen LogP contribution in [0, 0.1) is 0 Å². The number of aromatic nitrogens is 4. The monoisotopic (exact) mass is 325 g/mol. The Balaban J connectivity index is 2.16. The number of likely N-dealkylation sites (N-methyl/N-ethyl adjacent to an activating group) is 1. The van der Waals surface area contributed by atoms with E-state index in [1.807, 2.05) is 0 Å². The molecule has 0 atom stereocenters. The molecule has 7 nitrogen and oxygen atoms in total. The fourth-order valence-electron chi connectivity index (χ4n) is 1.47. The molecule has 0 N–H and O–H groups in total. The van der Waals surface area contributed by atoms with Gasteiger partial charge in [-0.25, -0.2) is 14.5 Å². The number of carbonyl (C=O) groups excluding carboxylic acids is 1. The van der Waals surface area contributed by atoms with E-state index in [9.17, 15) is 9.59 Å². The van der Waals surface area contributed by atoms with E-state index in [1.165, 1.54) is 15.8 Å². The lowest BCUT2D eigenvalue weighted by Crippen LogP contribution is -2.35. The first-order valence-corrected chi connectivity index (χ1v) is 6.25. The van der Waals surface area contributed by atoms with Crippen LogP contribution < -0.4 is 10.6 Å². The summed E-state index contributed by atoms with van der Waals surface area (Å²) in [5, 5.41) is 3.84. The molecule has 0 bridgehead atoms. The smallest absolute Gasteiger partial charge is 0.298 e. The van der Waals surface area contributed by atoms with Crippen molar-refractivity contribution in [3.8, 4) is 0 Å². The Bertz CT molecular complexity index is 663. The molecule has 0 radical (unpaired) electrons. The van der Waals surface area contributed by atoms with E-state index in [-0.39, 0.29) is 18.1 Å². The Labute approximate surface area is 117 Å². The van der Waals surface area contributed by atoms with Crippen molar-refractivity contribution in [2.45, 2.75) is 6.54 Å². The number of pyridine rings is 1. The maximum absolute atomic E-state index is 12.0. The molecule has 2 rings (SSSR count). The summed E-state index contributed by atoms with van der Waals surface area (Å²) in [6, 6.07) is 3.49. The summed E-state index contributed by atoms with van der Waals surface area (Å²) in [5.74, 6) is 0.231. The standard InChI is InChI=1S/C11H12BrN5O2/c1-15-7-14-17(11(15)19)6-10(18)16(2)9-5-8(12)3-4-13-9/h3-5,7H,6H2,1-2H3. The summed E-state index contributed by atoms with van der Waals surface area (Å²) in [5.41, 5.74) is -0.330. The summed E-state index contributed by atoms with van der Waals surface area (Å²) in [6.07, 6.45) is 2.96. The molecule has 0 spiro atoms. The van der Waals surface area contributed by atoms with Crippen LogP contribution in [0.3, 0.4) is 0 Å². The molecule has 0 fully saturated rings. The summed E-state index contributed by atoms with van der Waals surface area (Å²) >= 11 is 3.31. The molecule has 100 valence electrons. The van der Waals surface area contributed by atoms with Crippen LogP contribution in [0.2, 0.25) is 0 Å². The zero-order chi connectivity index (χ0) is 14.0. The van der Waals surface area contributed by atoms with Crippen LogP contribution in [-0.4, -0.2) is 32.3 Å². The molecule has 0 saturated carbocycles. The SMILES string of the molecule is CN(C(=O)Cn1ncn(C)c1=O)c1cc(Br)ccn1. The molecule has 1 amide bonds. The highest BCUT2D eigenvalue weighted by atomic mass is 79.9. The maximum atomic E-state index is 12.0. The molecular formula is C11H12BrN5O2. The van der Waals surface area contributed by atoms with Gasteiger partial charge in [-0.1, -0.05) is 15.9 Å². The van der Waals surface area contributed by atoms with E-state index in [0.717, 1.165) is 9.15 Å². The van der Waals surface area contributed by atoms with Gasteiger partial charge in [-0.05, 0) is 12.1 Å². The summed E-state index contributed by atoms with van der Waals surface area (Å²) in [4.78, 5) is 29.1. The van der Waals surface area contributed by atoms with Gasteiger partial charge in [0.25, 0.3) is 0 Å². The minimum Gasteiger partial charge on any atom is -0.298 e. The molecule has 0 aliphatic carbocycles. The minimum atomic E-state index is -0.330. The third-order valence-electron chi connectivity index (χ3n) is 2.60. The number of hydrogen-bond acceptors (Lipinski definition) is 4. The van der Waals surface area contributed by atoms with Gasteiger partial charge < -0.3 is 0 Å². The normalized spacial score (nSPS) is 10.5. The molecule has 0 aliphatic heterocycles. The van der Waals surface area contributed by atoms with Gasteiger partial charge in [0.05, 0.1) is 0 Å². The Morgan fingerprint density at radius 2 is 2.26 bits per heavy atom. The van der Waals surface area contributed by atoms with Crippen molar-refractivity contribution in [1.29, 1.82) is 0 Å². The zero-order valence-corrected chi connectivity index (χ0v) is 12.0. The molecule has 2 aromatic heterocycles. The van der Waals surface area contributed by atoms with Crippen molar-refractivity contribution < 1.29 is 4.79 Å². The van der Waals surface area contributed by atoms with Crippen LogP contribution in [0.4, 0.5) is 5.82 Å². The number of nitrogens with zero attached hydrogens (tertiary/aromatic N) is 5. The van der Waals surface area contributed by atoms with Gasteiger partial charge in [-0.15, -0.1) is 0 Å². The van der Waals surface area contributed by atoms with Crippen LogP contribution >= 0.6 is 15.9 Å². The van der Waals surface area contributed by atoms with Crippen molar-refractivity contribution in [2.24, 2.45) is 7.05 Å². The van der Waals surface area contributed by atoms with Gasteiger partial charge in [-0.2, -0.15) is 5.10 Å². The highest BCUT2D eigenvalue weighted by Crippen LogP contribution is 2.15. The molecular weight excluding hydrogens is 314 g/mol. The van der Waals surface area contributed by atoms with Gasteiger partial charge in [-0.3, -0.25) is 14.3 Å². The topological polar surface area (TPSA) is 73.0 Å². The van der Waals surface area contributed by atoms with E-state index in [0.29, 0.717) is 5.82 Å². The van der Waals surface area contributed by atoms with Gasteiger partial charge in [0.15, 0.2) is 0 Å². The van der Waals surface area contributed by atoms with Crippen LogP contribution in [0.15, 0.2) is 33.9 Å².